The molecule has 0 saturated carbocycles. The molecule has 2 nitrogen and oxygen atoms in total. The maximum atomic E-state index is 6.22. The number of nitrogens with zero attached hydrogens (tertiary/aromatic N) is 1. The summed E-state index contributed by atoms with van der Waals surface area (Å²) >= 11 is 1.73. The predicted octanol–water partition coefficient (Wildman–Crippen LogP) is 1.52. The van der Waals surface area contributed by atoms with Crippen molar-refractivity contribution in [3.8, 4) is 0 Å². The SMILES string of the molecule is C[n+]1ccccc1SC(OCc1ccccc1)c1ccccc1.[Cl-]. The van der Waals surface area contributed by atoms with Gasteiger partial charge in [0.2, 0.25) is 5.03 Å². The molecule has 124 valence electrons. The molecule has 0 bridgehead atoms. The Balaban J connectivity index is 0.00000208. The second kappa shape index (κ2) is 9.48. The van der Waals surface area contributed by atoms with Crippen LogP contribution >= 0.6 is 11.8 Å². The van der Waals surface area contributed by atoms with Crippen molar-refractivity contribution in [2.45, 2.75) is 17.1 Å². The topological polar surface area (TPSA) is 13.1 Å². The molecule has 24 heavy (non-hydrogen) atoms. The molecule has 0 fully saturated rings. The highest BCUT2D eigenvalue weighted by atomic mass is 35.5. The number of rotatable bonds is 6. The highest BCUT2D eigenvalue weighted by Gasteiger charge is 2.18. The maximum absolute atomic E-state index is 6.22. The minimum absolute atomic E-state index is 0. The number of halogens is 1. The molecule has 0 amide bonds. The fourth-order valence-electron chi connectivity index (χ4n) is 2.29. The Kier molecular flexibility index (Phi) is 7.32. The van der Waals surface area contributed by atoms with Gasteiger partial charge in [-0.2, -0.15) is 4.57 Å². The Morgan fingerprint density at radius 3 is 2.17 bits per heavy atom. The summed E-state index contributed by atoms with van der Waals surface area (Å²) in [7, 11) is 2.06. The molecule has 3 aromatic rings. The van der Waals surface area contributed by atoms with E-state index in [1.807, 2.05) is 30.3 Å². The fourth-order valence-corrected chi connectivity index (χ4v) is 3.33. The number of pyridine rings is 1. The molecule has 0 saturated heterocycles. The van der Waals surface area contributed by atoms with E-state index in [1.165, 1.54) is 16.2 Å². The van der Waals surface area contributed by atoms with Crippen molar-refractivity contribution >= 4 is 11.8 Å². The van der Waals surface area contributed by atoms with E-state index in [1.54, 1.807) is 11.8 Å². The lowest BCUT2D eigenvalue weighted by Gasteiger charge is -2.16. The molecule has 1 unspecified atom stereocenters. The monoisotopic (exact) mass is 357 g/mol. The number of aryl methyl sites for hydroxylation is 1. The summed E-state index contributed by atoms with van der Waals surface area (Å²) in [5, 5.41) is 1.18. The van der Waals surface area contributed by atoms with Crippen LogP contribution in [-0.2, 0) is 18.4 Å². The van der Waals surface area contributed by atoms with Crippen molar-refractivity contribution < 1.29 is 21.7 Å². The van der Waals surface area contributed by atoms with Gasteiger partial charge in [-0.1, -0.05) is 60.7 Å². The van der Waals surface area contributed by atoms with Gasteiger partial charge >= 0.3 is 0 Å². The third kappa shape index (κ3) is 5.10. The molecule has 3 rings (SSSR count). The van der Waals surface area contributed by atoms with E-state index in [-0.39, 0.29) is 17.8 Å². The molecule has 4 heteroatoms. The van der Waals surface area contributed by atoms with E-state index in [0.29, 0.717) is 6.61 Å². The highest BCUT2D eigenvalue weighted by molar-refractivity contribution is 7.99. The summed E-state index contributed by atoms with van der Waals surface area (Å²) in [6.07, 6.45) is 2.06. The van der Waals surface area contributed by atoms with Crippen LogP contribution in [0.2, 0.25) is 0 Å². The van der Waals surface area contributed by atoms with Crippen molar-refractivity contribution in [2.75, 3.05) is 0 Å². The molecule has 0 spiro atoms. The van der Waals surface area contributed by atoms with Gasteiger partial charge in [-0.3, -0.25) is 0 Å². The van der Waals surface area contributed by atoms with Gasteiger partial charge in [-0.05, 0) is 29.0 Å². The molecule has 1 atom stereocenters. The lowest BCUT2D eigenvalue weighted by Crippen LogP contribution is -3.00. The van der Waals surface area contributed by atoms with Crippen LogP contribution in [-0.4, -0.2) is 0 Å². The zero-order valence-electron chi connectivity index (χ0n) is 13.5. The first-order chi connectivity index (χ1) is 11.3. The summed E-state index contributed by atoms with van der Waals surface area (Å²) in [5.74, 6) is 0. The Morgan fingerprint density at radius 2 is 1.50 bits per heavy atom. The van der Waals surface area contributed by atoms with Crippen molar-refractivity contribution in [2.24, 2.45) is 7.05 Å². The number of ether oxygens (including phenoxy) is 1. The van der Waals surface area contributed by atoms with Crippen LogP contribution in [0.25, 0.3) is 0 Å². The fraction of sp³-hybridized carbons (Fsp3) is 0.150. The van der Waals surface area contributed by atoms with Gasteiger partial charge in [0.25, 0.3) is 0 Å². The quantitative estimate of drug-likeness (QED) is 0.377. The van der Waals surface area contributed by atoms with Crippen LogP contribution in [0.1, 0.15) is 16.6 Å². The average molecular weight is 358 g/mol. The van der Waals surface area contributed by atoms with E-state index in [2.05, 4.69) is 66.3 Å². The van der Waals surface area contributed by atoms with Crippen molar-refractivity contribution in [3.05, 3.63) is 96.2 Å². The first kappa shape index (κ1) is 18.5. The molecule has 0 aliphatic rings. The van der Waals surface area contributed by atoms with E-state index < -0.39 is 0 Å². The Labute approximate surface area is 153 Å². The van der Waals surface area contributed by atoms with Gasteiger partial charge in [0.05, 0.1) is 6.61 Å². The second-order valence-corrected chi connectivity index (χ2v) is 6.39. The number of aromatic nitrogens is 1. The van der Waals surface area contributed by atoms with Gasteiger partial charge in [0.1, 0.15) is 12.5 Å². The third-order valence-corrected chi connectivity index (χ3v) is 4.84. The van der Waals surface area contributed by atoms with E-state index in [4.69, 9.17) is 4.74 Å². The van der Waals surface area contributed by atoms with Crippen LogP contribution in [0.15, 0.2) is 90.1 Å². The Hall–Kier alpha value is -1.81. The van der Waals surface area contributed by atoms with Crippen molar-refractivity contribution in [1.82, 2.24) is 0 Å². The molecular weight excluding hydrogens is 338 g/mol. The van der Waals surface area contributed by atoms with Crippen LogP contribution < -0.4 is 17.0 Å². The van der Waals surface area contributed by atoms with E-state index in [9.17, 15) is 0 Å². The van der Waals surface area contributed by atoms with Gasteiger partial charge < -0.3 is 17.1 Å². The maximum Gasteiger partial charge on any atom is 0.242 e. The van der Waals surface area contributed by atoms with Crippen LogP contribution in [0, 0.1) is 0 Å². The average Bonchev–Trinajstić information content (AvgIpc) is 2.62. The molecule has 0 N–H and O–H groups in total. The molecule has 1 heterocycles. The Morgan fingerprint density at radius 1 is 0.875 bits per heavy atom. The van der Waals surface area contributed by atoms with E-state index >= 15 is 0 Å². The molecule has 2 aromatic carbocycles. The number of hydrogen-bond acceptors (Lipinski definition) is 2. The van der Waals surface area contributed by atoms with Gasteiger partial charge in [-0.15, -0.1) is 0 Å². The highest BCUT2D eigenvalue weighted by Crippen LogP contribution is 2.35. The normalized spacial score (nSPS) is 11.5. The minimum atomic E-state index is -0.0370. The first-order valence-corrected chi connectivity index (χ1v) is 8.53. The zero-order valence-corrected chi connectivity index (χ0v) is 15.1. The summed E-state index contributed by atoms with van der Waals surface area (Å²) in [5.41, 5.74) is 2.33. The molecule has 0 radical (unpaired) electrons. The summed E-state index contributed by atoms with van der Waals surface area (Å²) < 4.78 is 8.34. The third-order valence-electron chi connectivity index (χ3n) is 3.55. The van der Waals surface area contributed by atoms with Crippen LogP contribution in [0.3, 0.4) is 0 Å². The minimum Gasteiger partial charge on any atom is -1.00 e. The lowest BCUT2D eigenvalue weighted by atomic mass is 10.2. The molecular formula is C20H20ClNOS. The standard InChI is InChI=1S/C20H20NOS.ClH/c1-21-15-9-8-14-19(21)23-20(18-12-6-3-7-13-18)22-16-17-10-4-2-5-11-17;/h2-15,20H,16H2,1H3;1H/q+1;/p-1. The van der Waals surface area contributed by atoms with Crippen LogP contribution in [0.4, 0.5) is 0 Å². The molecule has 0 aliphatic heterocycles. The summed E-state index contributed by atoms with van der Waals surface area (Å²) in [4.78, 5) is 0. The summed E-state index contributed by atoms with van der Waals surface area (Å²) in [6, 6.07) is 26.9. The second-order valence-electron chi connectivity index (χ2n) is 5.31. The lowest BCUT2D eigenvalue weighted by molar-refractivity contribution is -0.708. The first-order valence-electron chi connectivity index (χ1n) is 7.65. The van der Waals surface area contributed by atoms with Gasteiger partial charge in [0, 0.05) is 12.1 Å². The smallest absolute Gasteiger partial charge is 0.242 e. The molecule has 0 aliphatic carbocycles. The molecule has 1 aromatic heterocycles. The van der Waals surface area contributed by atoms with Gasteiger partial charge in [0.15, 0.2) is 6.20 Å². The van der Waals surface area contributed by atoms with Crippen LogP contribution in [0.5, 0.6) is 0 Å². The number of benzene rings is 2. The number of hydrogen-bond donors (Lipinski definition) is 0. The summed E-state index contributed by atoms with van der Waals surface area (Å²) in [6.45, 7) is 0.601. The van der Waals surface area contributed by atoms with Crippen molar-refractivity contribution in [3.63, 3.8) is 0 Å². The number of thioether (sulfide) groups is 1. The Bertz CT molecular complexity index is 737. The largest absolute Gasteiger partial charge is 1.00 e. The zero-order chi connectivity index (χ0) is 15.9. The van der Waals surface area contributed by atoms with E-state index in [0.717, 1.165) is 0 Å². The predicted molar refractivity (Wildman–Crippen MR) is 93.9 cm³/mol. The van der Waals surface area contributed by atoms with Gasteiger partial charge in [-0.25, -0.2) is 0 Å². The van der Waals surface area contributed by atoms with Crippen molar-refractivity contribution in [1.29, 1.82) is 0 Å².